The Balaban J connectivity index is 2.14. The number of anilines is 1. The molecule has 0 fully saturated rings. The lowest BCUT2D eigenvalue weighted by molar-refractivity contribution is -0.117. The summed E-state index contributed by atoms with van der Waals surface area (Å²) in [7, 11) is 0. The summed E-state index contributed by atoms with van der Waals surface area (Å²) in [6.07, 6.45) is 2.50. The van der Waals surface area contributed by atoms with Gasteiger partial charge in [0.1, 0.15) is 0 Å². The van der Waals surface area contributed by atoms with Gasteiger partial charge in [-0.2, -0.15) is 5.10 Å². The van der Waals surface area contributed by atoms with Crippen molar-refractivity contribution in [2.75, 3.05) is 5.32 Å². The van der Waals surface area contributed by atoms with Gasteiger partial charge in [-0.15, -0.1) is 0 Å². The molecule has 0 aromatic carbocycles. The van der Waals surface area contributed by atoms with E-state index in [4.69, 9.17) is 5.73 Å². The van der Waals surface area contributed by atoms with E-state index in [-0.39, 0.29) is 17.7 Å². The third kappa shape index (κ3) is 4.45. The van der Waals surface area contributed by atoms with Gasteiger partial charge in [0.05, 0.1) is 12.0 Å². The van der Waals surface area contributed by atoms with Crippen LogP contribution in [0.1, 0.15) is 48.1 Å². The smallest absolute Gasteiger partial charge is 0.258 e. The molecule has 7 nitrogen and oxygen atoms in total. The average Bonchev–Trinajstić information content (AvgIpc) is 2.94. The third-order valence-electron chi connectivity index (χ3n) is 3.33. The van der Waals surface area contributed by atoms with Crippen LogP contribution in [0.2, 0.25) is 0 Å². The minimum atomic E-state index is -0.492. The van der Waals surface area contributed by atoms with Gasteiger partial charge in [0.15, 0.2) is 5.82 Å². The van der Waals surface area contributed by atoms with Gasteiger partial charge in [-0.05, 0) is 24.3 Å². The van der Waals surface area contributed by atoms with Crippen molar-refractivity contribution < 1.29 is 9.59 Å². The van der Waals surface area contributed by atoms with Crippen molar-refractivity contribution in [3.8, 4) is 0 Å². The van der Waals surface area contributed by atoms with Crippen LogP contribution < -0.4 is 11.1 Å². The van der Waals surface area contributed by atoms with Crippen molar-refractivity contribution in [2.24, 2.45) is 11.1 Å². The van der Waals surface area contributed by atoms with E-state index >= 15 is 0 Å². The molecule has 7 heteroatoms. The molecule has 0 bridgehead atoms. The fourth-order valence-electron chi connectivity index (χ4n) is 2.47. The van der Waals surface area contributed by atoms with Crippen molar-refractivity contribution >= 4 is 17.6 Å². The maximum atomic E-state index is 12.5. The van der Waals surface area contributed by atoms with E-state index < -0.39 is 5.91 Å². The lowest BCUT2D eigenvalue weighted by Gasteiger charge is -2.15. The predicted octanol–water partition coefficient (Wildman–Crippen LogP) is 1.91. The zero-order valence-electron chi connectivity index (χ0n) is 13.9. The first kappa shape index (κ1) is 16.8. The molecular formula is C16H23N5O2. The number of carbonyl (C=O) groups excluding carboxylic acids is 2. The van der Waals surface area contributed by atoms with Gasteiger partial charge < -0.3 is 16.0 Å². The Kier molecular flexibility index (Phi) is 4.58. The standard InChI is InChI=1S/C16H23N5O2/c1-9-8-18-11(6-12(17)22)14(9)15(23)19-13-5-10(20-21-13)7-16(2,3)4/h5,8,18H,6-7H2,1-4H3,(H2,17,22)(H2,19,20,21,23). The summed E-state index contributed by atoms with van der Waals surface area (Å²) >= 11 is 0. The van der Waals surface area contributed by atoms with E-state index in [1.54, 1.807) is 13.1 Å². The first-order valence-corrected chi connectivity index (χ1v) is 7.46. The van der Waals surface area contributed by atoms with E-state index in [1.165, 1.54) is 0 Å². The van der Waals surface area contributed by atoms with E-state index in [9.17, 15) is 9.59 Å². The number of nitrogens with one attached hydrogen (secondary N) is 3. The van der Waals surface area contributed by atoms with Gasteiger partial charge in [0.25, 0.3) is 5.91 Å². The Morgan fingerprint density at radius 2 is 2.04 bits per heavy atom. The maximum absolute atomic E-state index is 12.5. The fourth-order valence-corrected chi connectivity index (χ4v) is 2.47. The first-order valence-electron chi connectivity index (χ1n) is 7.46. The number of carbonyl (C=O) groups is 2. The van der Waals surface area contributed by atoms with Gasteiger partial charge >= 0.3 is 0 Å². The largest absolute Gasteiger partial charge is 0.369 e. The van der Waals surface area contributed by atoms with Crippen molar-refractivity contribution in [1.82, 2.24) is 15.2 Å². The highest BCUT2D eigenvalue weighted by molar-refractivity contribution is 6.06. The first-order chi connectivity index (χ1) is 10.7. The lowest BCUT2D eigenvalue weighted by Crippen LogP contribution is -2.19. The topological polar surface area (TPSA) is 117 Å². The number of rotatable bonds is 5. The molecule has 0 aliphatic heterocycles. The van der Waals surface area contributed by atoms with Gasteiger partial charge in [0, 0.05) is 23.7 Å². The van der Waals surface area contributed by atoms with Crippen LogP contribution in [0.4, 0.5) is 5.82 Å². The van der Waals surface area contributed by atoms with Crippen LogP contribution in [0.25, 0.3) is 0 Å². The monoisotopic (exact) mass is 317 g/mol. The highest BCUT2D eigenvalue weighted by Crippen LogP contribution is 2.21. The molecule has 2 rings (SSSR count). The van der Waals surface area contributed by atoms with Crippen LogP contribution >= 0.6 is 0 Å². The zero-order valence-corrected chi connectivity index (χ0v) is 13.9. The number of aromatic amines is 2. The Hall–Kier alpha value is -2.57. The molecular weight excluding hydrogens is 294 g/mol. The minimum absolute atomic E-state index is 0.00751. The van der Waals surface area contributed by atoms with Gasteiger partial charge in [-0.3, -0.25) is 14.7 Å². The predicted molar refractivity (Wildman–Crippen MR) is 88.1 cm³/mol. The number of hydrogen-bond acceptors (Lipinski definition) is 3. The molecule has 23 heavy (non-hydrogen) atoms. The van der Waals surface area contributed by atoms with Crippen molar-refractivity contribution in [3.63, 3.8) is 0 Å². The molecule has 2 aromatic rings. The number of aromatic nitrogens is 3. The molecule has 2 amide bonds. The van der Waals surface area contributed by atoms with Crippen LogP contribution in [0.5, 0.6) is 0 Å². The second-order valence-electron chi connectivity index (χ2n) is 6.94. The molecule has 2 heterocycles. The molecule has 2 aromatic heterocycles. The van der Waals surface area contributed by atoms with Gasteiger partial charge in [0.2, 0.25) is 5.91 Å². The Labute approximate surface area is 135 Å². The van der Waals surface area contributed by atoms with Crippen LogP contribution in [0.15, 0.2) is 12.3 Å². The third-order valence-corrected chi connectivity index (χ3v) is 3.33. The van der Waals surface area contributed by atoms with E-state index in [0.29, 0.717) is 17.1 Å². The lowest BCUT2D eigenvalue weighted by atomic mass is 9.91. The van der Waals surface area contributed by atoms with Crippen LogP contribution in [0.3, 0.4) is 0 Å². The molecule has 0 spiro atoms. The summed E-state index contributed by atoms with van der Waals surface area (Å²) in [5, 5.41) is 9.79. The molecule has 124 valence electrons. The Bertz CT molecular complexity index is 721. The van der Waals surface area contributed by atoms with Crippen LogP contribution in [-0.2, 0) is 17.6 Å². The molecule has 0 saturated heterocycles. The van der Waals surface area contributed by atoms with Crippen molar-refractivity contribution in [3.05, 3.63) is 34.8 Å². The summed E-state index contributed by atoms with van der Waals surface area (Å²) in [5.74, 6) is -0.346. The quantitative estimate of drug-likeness (QED) is 0.675. The maximum Gasteiger partial charge on any atom is 0.258 e. The summed E-state index contributed by atoms with van der Waals surface area (Å²) < 4.78 is 0. The number of hydrogen-bond donors (Lipinski definition) is 4. The highest BCUT2D eigenvalue weighted by atomic mass is 16.2. The van der Waals surface area contributed by atoms with E-state index in [0.717, 1.165) is 17.7 Å². The van der Waals surface area contributed by atoms with Crippen molar-refractivity contribution in [2.45, 2.75) is 40.5 Å². The molecule has 0 radical (unpaired) electrons. The number of aryl methyl sites for hydroxylation is 1. The summed E-state index contributed by atoms with van der Waals surface area (Å²) in [6, 6.07) is 1.82. The average molecular weight is 317 g/mol. The molecule has 0 aliphatic carbocycles. The molecule has 0 unspecified atom stereocenters. The number of primary amides is 1. The van der Waals surface area contributed by atoms with Gasteiger partial charge in [-0.1, -0.05) is 20.8 Å². The number of nitrogens with zero attached hydrogens (tertiary/aromatic N) is 1. The summed E-state index contributed by atoms with van der Waals surface area (Å²) in [4.78, 5) is 26.5. The van der Waals surface area contributed by atoms with Crippen LogP contribution in [-0.4, -0.2) is 27.0 Å². The highest BCUT2D eigenvalue weighted by Gasteiger charge is 2.19. The second kappa shape index (κ2) is 6.28. The SMILES string of the molecule is Cc1c[nH]c(CC(N)=O)c1C(=O)Nc1cc(CC(C)(C)C)[nH]n1. The number of amides is 2. The Morgan fingerprint density at radius 1 is 1.35 bits per heavy atom. The zero-order chi connectivity index (χ0) is 17.2. The van der Waals surface area contributed by atoms with E-state index in [2.05, 4.69) is 41.3 Å². The minimum Gasteiger partial charge on any atom is -0.369 e. The number of nitrogens with two attached hydrogens (primary N) is 1. The fraction of sp³-hybridized carbons (Fsp3) is 0.438. The molecule has 0 aliphatic rings. The summed E-state index contributed by atoms with van der Waals surface area (Å²) in [6.45, 7) is 8.19. The molecule has 0 saturated carbocycles. The number of H-pyrrole nitrogens is 2. The Morgan fingerprint density at radius 3 is 2.65 bits per heavy atom. The second-order valence-corrected chi connectivity index (χ2v) is 6.94. The van der Waals surface area contributed by atoms with Gasteiger partial charge in [-0.25, -0.2) is 0 Å². The normalized spacial score (nSPS) is 11.5. The summed E-state index contributed by atoms with van der Waals surface area (Å²) in [5.41, 5.74) is 7.99. The molecule has 5 N–H and O–H groups in total. The molecule has 0 atom stereocenters. The van der Waals surface area contributed by atoms with Crippen molar-refractivity contribution in [1.29, 1.82) is 0 Å². The van der Waals surface area contributed by atoms with Crippen LogP contribution in [0, 0.1) is 12.3 Å². The van der Waals surface area contributed by atoms with E-state index in [1.807, 2.05) is 6.07 Å².